The van der Waals surface area contributed by atoms with Gasteiger partial charge in [0.15, 0.2) is 0 Å². The van der Waals surface area contributed by atoms with Crippen LogP contribution < -0.4 is 0 Å². The molecular formula is C22H32O4. The predicted molar refractivity (Wildman–Crippen MR) is 100 cm³/mol. The summed E-state index contributed by atoms with van der Waals surface area (Å²) in [6.45, 7) is 8.25. The van der Waals surface area contributed by atoms with Gasteiger partial charge in [-0.1, -0.05) is 37.6 Å². The highest BCUT2D eigenvalue weighted by molar-refractivity contribution is 5.76. The van der Waals surface area contributed by atoms with Gasteiger partial charge in [0.05, 0.1) is 12.0 Å². The molecule has 0 spiro atoms. The van der Waals surface area contributed by atoms with Crippen LogP contribution in [0, 0.1) is 34.5 Å². The zero-order valence-corrected chi connectivity index (χ0v) is 16.5. The van der Waals surface area contributed by atoms with E-state index in [-0.39, 0.29) is 29.1 Å². The van der Waals surface area contributed by atoms with Gasteiger partial charge >= 0.3 is 11.9 Å². The van der Waals surface area contributed by atoms with Gasteiger partial charge in [-0.3, -0.25) is 9.59 Å². The van der Waals surface area contributed by atoms with Crippen molar-refractivity contribution < 1.29 is 19.4 Å². The molecule has 0 aromatic heterocycles. The summed E-state index contributed by atoms with van der Waals surface area (Å²) in [6, 6.07) is 0. The topological polar surface area (TPSA) is 63.6 Å². The highest BCUT2D eigenvalue weighted by Crippen LogP contribution is 2.65. The van der Waals surface area contributed by atoms with Crippen LogP contribution >= 0.6 is 0 Å². The van der Waals surface area contributed by atoms with Crippen molar-refractivity contribution in [3.8, 4) is 0 Å². The number of hydrogen-bond donors (Lipinski definition) is 1. The molecule has 5 unspecified atom stereocenters. The number of fused-ring (bicyclic) bond motifs is 3. The smallest absolute Gasteiger partial charge is 0.310 e. The molecule has 0 saturated heterocycles. The van der Waals surface area contributed by atoms with Crippen LogP contribution in [0.4, 0.5) is 0 Å². The Kier molecular flexibility index (Phi) is 5.06. The third-order valence-corrected chi connectivity index (χ3v) is 7.45. The Hall–Kier alpha value is -1.58. The van der Waals surface area contributed by atoms with Gasteiger partial charge in [-0.05, 0) is 62.7 Å². The van der Waals surface area contributed by atoms with Crippen LogP contribution in [-0.4, -0.2) is 23.7 Å². The summed E-state index contributed by atoms with van der Waals surface area (Å²) in [5.74, 6) is -0.0266. The van der Waals surface area contributed by atoms with Gasteiger partial charge in [-0.2, -0.15) is 0 Å². The molecule has 0 aromatic rings. The largest absolute Gasteiger partial charge is 0.481 e. The van der Waals surface area contributed by atoms with Crippen LogP contribution in [0.2, 0.25) is 0 Å². The van der Waals surface area contributed by atoms with E-state index in [2.05, 4.69) is 39.0 Å². The molecule has 0 heterocycles. The Labute approximate surface area is 156 Å². The first-order chi connectivity index (χ1) is 12.2. The highest BCUT2D eigenvalue weighted by atomic mass is 16.5. The molecule has 3 rings (SSSR count). The molecule has 4 nitrogen and oxygen atoms in total. The monoisotopic (exact) mass is 360 g/mol. The normalized spacial score (nSPS) is 39.0. The fourth-order valence-electron chi connectivity index (χ4n) is 6.16. The van der Waals surface area contributed by atoms with Crippen LogP contribution in [0.25, 0.3) is 0 Å². The minimum atomic E-state index is -0.638. The number of hydrogen-bond acceptors (Lipinski definition) is 3. The van der Waals surface area contributed by atoms with Gasteiger partial charge < -0.3 is 9.84 Å². The van der Waals surface area contributed by atoms with E-state index < -0.39 is 11.4 Å². The van der Waals surface area contributed by atoms with Crippen molar-refractivity contribution in [1.82, 2.24) is 0 Å². The first-order valence-electron chi connectivity index (χ1n) is 9.95. The molecule has 144 valence electrons. The quantitative estimate of drug-likeness (QED) is 0.744. The van der Waals surface area contributed by atoms with Gasteiger partial charge in [0.25, 0.3) is 0 Å². The molecule has 2 fully saturated rings. The summed E-state index contributed by atoms with van der Waals surface area (Å²) in [7, 11) is 0. The van der Waals surface area contributed by atoms with Gasteiger partial charge in [-0.15, -0.1) is 0 Å². The van der Waals surface area contributed by atoms with E-state index in [4.69, 9.17) is 4.74 Å². The Bertz CT molecular complexity index is 647. The number of ether oxygens (including phenoxy) is 1. The standard InChI is InChI=1S/C22H32O4/c1-14(2)17-7-8-19-18-6-5-15(3)9-10-21(18,13-26-16(4)23)11-12-22(17,19)20(24)25/h5-6,9,14,17-19H,7-8,10-13H2,1-4H3,(H,24,25). The fraction of sp³-hybridized carbons (Fsp3) is 0.727. The summed E-state index contributed by atoms with van der Waals surface area (Å²) < 4.78 is 5.50. The van der Waals surface area contributed by atoms with Crippen LogP contribution in [0.15, 0.2) is 23.8 Å². The zero-order valence-electron chi connectivity index (χ0n) is 16.5. The molecule has 0 bridgehead atoms. The lowest BCUT2D eigenvalue weighted by Crippen LogP contribution is -2.54. The second-order valence-electron chi connectivity index (χ2n) is 9.06. The average Bonchev–Trinajstić information content (AvgIpc) is 2.89. The molecule has 3 aliphatic rings. The third-order valence-electron chi connectivity index (χ3n) is 7.45. The maximum absolute atomic E-state index is 12.5. The maximum atomic E-state index is 12.5. The Balaban J connectivity index is 2.03. The first kappa shape index (κ1) is 19.2. The van der Waals surface area contributed by atoms with Crippen LogP contribution in [0.3, 0.4) is 0 Å². The van der Waals surface area contributed by atoms with E-state index in [9.17, 15) is 14.7 Å². The molecule has 0 amide bonds. The molecule has 0 aliphatic heterocycles. The van der Waals surface area contributed by atoms with Gasteiger partial charge in [0, 0.05) is 12.3 Å². The van der Waals surface area contributed by atoms with E-state index in [0.717, 1.165) is 25.7 Å². The molecular weight excluding hydrogens is 328 g/mol. The van der Waals surface area contributed by atoms with Crippen molar-refractivity contribution in [1.29, 1.82) is 0 Å². The van der Waals surface area contributed by atoms with Crippen molar-refractivity contribution in [3.05, 3.63) is 23.8 Å². The molecule has 2 saturated carbocycles. The number of carbonyl (C=O) groups is 2. The van der Waals surface area contributed by atoms with Gasteiger partial charge in [0.2, 0.25) is 0 Å². The summed E-state index contributed by atoms with van der Waals surface area (Å²) in [6.07, 6.45) is 10.9. The SMILES string of the molecule is CC(=O)OCC12CC=C(C)C=CC1C1CCC(C(C)C)C1(C(=O)O)CC2. The highest BCUT2D eigenvalue weighted by Gasteiger charge is 2.64. The molecule has 4 heteroatoms. The molecule has 0 aromatic carbocycles. The van der Waals surface area contributed by atoms with Crippen LogP contribution in [0.5, 0.6) is 0 Å². The van der Waals surface area contributed by atoms with Crippen molar-refractivity contribution >= 4 is 11.9 Å². The second kappa shape index (κ2) is 6.86. The Morgan fingerprint density at radius 2 is 2.04 bits per heavy atom. The zero-order chi connectivity index (χ0) is 19.1. The first-order valence-corrected chi connectivity index (χ1v) is 9.95. The average molecular weight is 360 g/mol. The number of carboxylic acid groups (broad SMARTS) is 1. The van der Waals surface area contributed by atoms with Crippen molar-refractivity contribution in [3.63, 3.8) is 0 Å². The predicted octanol–water partition coefficient (Wildman–Crippen LogP) is 4.61. The minimum Gasteiger partial charge on any atom is -0.481 e. The number of rotatable bonds is 4. The summed E-state index contributed by atoms with van der Waals surface area (Å²) in [5.41, 5.74) is 0.400. The van der Waals surface area contributed by atoms with Crippen molar-refractivity contribution in [2.24, 2.45) is 34.5 Å². The Morgan fingerprint density at radius 1 is 1.31 bits per heavy atom. The lowest BCUT2D eigenvalue weighted by Gasteiger charge is -2.53. The Morgan fingerprint density at radius 3 is 2.65 bits per heavy atom. The van der Waals surface area contributed by atoms with Gasteiger partial charge in [0.1, 0.15) is 0 Å². The van der Waals surface area contributed by atoms with E-state index in [1.165, 1.54) is 12.5 Å². The van der Waals surface area contributed by atoms with E-state index in [1.807, 2.05) is 0 Å². The van der Waals surface area contributed by atoms with Crippen LogP contribution in [-0.2, 0) is 14.3 Å². The number of allylic oxidation sites excluding steroid dienone is 4. The molecule has 26 heavy (non-hydrogen) atoms. The number of aliphatic carboxylic acids is 1. The maximum Gasteiger partial charge on any atom is 0.310 e. The number of esters is 1. The lowest BCUT2D eigenvalue weighted by atomic mass is 9.50. The third kappa shape index (κ3) is 2.91. The van der Waals surface area contributed by atoms with Crippen molar-refractivity contribution in [2.45, 2.75) is 59.8 Å². The minimum absolute atomic E-state index is 0.118. The van der Waals surface area contributed by atoms with Crippen molar-refractivity contribution in [2.75, 3.05) is 6.61 Å². The lowest BCUT2D eigenvalue weighted by molar-refractivity contribution is -0.170. The molecule has 3 aliphatic carbocycles. The summed E-state index contributed by atoms with van der Waals surface area (Å²) >= 11 is 0. The second-order valence-corrected chi connectivity index (χ2v) is 9.06. The summed E-state index contributed by atoms with van der Waals surface area (Å²) in [5, 5.41) is 10.3. The summed E-state index contributed by atoms with van der Waals surface area (Å²) in [4.78, 5) is 24.0. The fourth-order valence-corrected chi connectivity index (χ4v) is 6.16. The van der Waals surface area contributed by atoms with Crippen LogP contribution in [0.1, 0.15) is 59.8 Å². The van der Waals surface area contributed by atoms with E-state index in [0.29, 0.717) is 18.9 Å². The van der Waals surface area contributed by atoms with E-state index in [1.54, 1.807) is 0 Å². The van der Waals surface area contributed by atoms with Gasteiger partial charge in [-0.25, -0.2) is 0 Å². The molecule has 1 N–H and O–H groups in total. The number of carbonyl (C=O) groups excluding carboxylic acids is 1. The molecule has 5 atom stereocenters. The molecule has 0 radical (unpaired) electrons. The van der Waals surface area contributed by atoms with E-state index >= 15 is 0 Å². The number of carboxylic acids is 1.